The van der Waals surface area contributed by atoms with E-state index < -0.39 is 0 Å². The Morgan fingerprint density at radius 1 is 0.559 bits per heavy atom. The average Bonchev–Trinajstić information content (AvgIpc) is 2.76. The van der Waals surface area contributed by atoms with Gasteiger partial charge in [-0.1, -0.05) is 64.1 Å². The van der Waals surface area contributed by atoms with Crippen molar-refractivity contribution in [1.29, 1.82) is 0 Å². The van der Waals surface area contributed by atoms with Gasteiger partial charge in [0.2, 0.25) is 0 Å². The molecule has 0 fully saturated rings. The summed E-state index contributed by atoms with van der Waals surface area (Å²) in [5.41, 5.74) is 1.87. The molecule has 2 aromatic carbocycles. The molecule has 0 radical (unpaired) electrons. The molecule has 0 aliphatic heterocycles. The third-order valence-corrected chi connectivity index (χ3v) is 5.23. The van der Waals surface area contributed by atoms with Crippen LogP contribution in [-0.4, -0.2) is 39.4 Å². The van der Waals surface area contributed by atoms with E-state index in [1.54, 1.807) is 0 Å². The minimum Gasteiger partial charge on any atom is -0.324 e. The molecule has 0 saturated heterocycles. The third kappa shape index (κ3) is 18.9. The van der Waals surface area contributed by atoms with Gasteiger partial charge in [-0.05, 0) is 49.9 Å². The van der Waals surface area contributed by atoms with Crippen molar-refractivity contribution in [3.05, 3.63) is 60.7 Å². The molecule has 0 amide bonds. The van der Waals surface area contributed by atoms with Crippen LogP contribution in [0.2, 0.25) is 0 Å². The van der Waals surface area contributed by atoms with Crippen molar-refractivity contribution >= 4 is 70.6 Å². The van der Waals surface area contributed by atoms with Crippen molar-refractivity contribution in [3.8, 4) is 0 Å². The van der Waals surface area contributed by atoms with Crippen LogP contribution in [0.3, 0.4) is 0 Å². The van der Waals surface area contributed by atoms with Gasteiger partial charge in [0.05, 0.1) is 88.1 Å². The van der Waals surface area contributed by atoms with Gasteiger partial charge in [0.25, 0.3) is 0 Å². The Labute approximate surface area is 240 Å². The van der Waals surface area contributed by atoms with Crippen LogP contribution in [0, 0.1) is 0 Å². The minimum absolute atomic E-state index is 0. The van der Waals surface area contributed by atoms with Crippen molar-refractivity contribution < 1.29 is 21.0 Å². The van der Waals surface area contributed by atoms with E-state index in [4.69, 9.17) is 0 Å². The van der Waals surface area contributed by atoms with E-state index in [1.807, 2.05) is 60.7 Å². The summed E-state index contributed by atoms with van der Waals surface area (Å²) in [5, 5.41) is 0. The predicted octanol–water partition coefficient (Wildman–Crippen LogP) is 4.83. The summed E-state index contributed by atoms with van der Waals surface area (Å²) in [6.07, 6.45) is 5.33. The van der Waals surface area contributed by atoms with Gasteiger partial charge in [0.15, 0.2) is 0 Å². The Hall–Kier alpha value is -0.366. The van der Waals surface area contributed by atoms with Crippen LogP contribution < -0.4 is 0 Å². The van der Waals surface area contributed by atoms with Crippen LogP contribution in [0.4, 0.5) is 11.4 Å². The second-order valence-electron chi connectivity index (χ2n) is 7.83. The fourth-order valence-corrected chi connectivity index (χ4v) is 4.35. The number of benzene rings is 2. The third-order valence-electron chi connectivity index (χ3n) is 4.79. The SMILES string of the molecule is CCC[N+](CCC)(CCC)CCC.[Ni+2].[SH2+]C([SH2+])=Nc1ccccc1.[SH2+]C([SH2+])=Nc1ccccc1. The average molecular weight is 588 g/mol. The van der Waals surface area contributed by atoms with Crippen LogP contribution in [0.25, 0.3) is 0 Å². The Bertz CT molecular complexity index is 696. The van der Waals surface area contributed by atoms with E-state index in [-0.39, 0.29) is 16.5 Å². The van der Waals surface area contributed by atoms with E-state index in [9.17, 15) is 0 Å². The Morgan fingerprint density at radius 3 is 1.03 bits per heavy atom. The molecule has 0 unspecified atom stereocenters. The van der Waals surface area contributed by atoms with Gasteiger partial charge >= 0.3 is 25.2 Å². The molecule has 2 aromatic rings. The fourth-order valence-electron chi connectivity index (χ4n) is 3.83. The Kier molecular flexibility index (Phi) is 24.3. The molecule has 0 N–H and O–H groups in total. The topological polar surface area (TPSA) is 24.7 Å². The van der Waals surface area contributed by atoms with Crippen LogP contribution >= 0.6 is 0 Å². The maximum Gasteiger partial charge on any atom is 2.00 e. The number of hydrogen-bond acceptors (Lipinski definition) is 2. The Morgan fingerprint density at radius 2 is 0.824 bits per heavy atom. The number of rotatable bonds is 10. The monoisotopic (exact) mass is 586 g/mol. The van der Waals surface area contributed by atoms with Crippen molar-refractivity contribution in [1.82, 2.24) is 0 Å². The minimum atomic E-state index is 0. The van der Waals surface area contributed by atoms with Crippen molar-refractivity contribution in [2.75, 3.05) is 26.2 Å². The first kappa shape index (κ1) is 35.8. The summed E-state index contributed by atoms with van der Waals surface area (Å²) >= 11 is 12.9. The second kappa shape index (κ2) is 23.1. The first-order valence-electron chi connectivity index (χ1n) is 11.8. The molecule has 0 atom stereocenters. The van der Waals surface area contributed by atoms with Gasteiger partial charge < -0.3 is 4.48 Å². The van der Waals surface area contributed by atoms with Crippen LogP contribution in [0.1, 0.15) is 53.4 Å². The van der Waals surface area contributed by atoms with Crippen LogP contribution in [0.15, 0.2) is 70.6 Å². The van der Waals surface area contributed by atoms with E-state index in [0.29, 0.717) is 8.75 Å². The van der Waals surface area contributed by atoms with Crippen molar-refractivity contribution in [2.24, 2.45) is 9.98 Å². The summed E-state index contributed by atoms with van der Waals surface area (Å²) in [5.74, 6) is 0. The van der Waals surface area contributed by atoms with E-state index in [2.05, 4.69) is 88.2 Å². The first-order chi connectivity index (χ1) is 15.8. The molecule has 0 spiro atoms. The summed E-state index contributed by atoms with van der Waals surface area (Å²) in [4.78, 5) is 8.21. The molecule has 0 aliphatic carbocycles. The van der Waals surface area contributed by atoms with Gasteiger partial charge in [-0.3, -0.25) is 0 Å². The summed E-state index contributed by atoms with van der Waals surface area (Å²) in [7, 11) is 0. The molecule has 0 heterocycles. The molecule has 192 valence electrons. The van der Waals surface area contributed by atoms with Gasteiger partial charge in [-0.2, -0.15) is 9.98 Å². The first-order valence-corrected chi connectivity index (χ1v) is 13.8. The zero-order valence-corrected chi connectivity index (χ0v) is 26.1. The van der Waals surface area contributed by atoms with E-state index in [0.717, 1.165) is 11.4 Å². The van der Waals surface area contributed by atoms with Crippen LogP contribution in [0.5, 0.6) is 0 Å². The molecule has 0 bridgehead atoms. The molecule has 8 heteroatoms. The van der Waals surface area contributed by atoms with Crippen molar-refractivity contribution in [3.63, 3.8) is 0 Å². The molecular formula is C26H46N3NiS4+7. The summed E-state index contributed by atoms with van der Waals surface area (Å²) in [6, 6.07) is 19.4. The molecule has 2 rings (SSSR count). The molecule has 3 nitrogen and oxygen atoms in total. The predicted molar refractivity (Wildman–Crippen MR) is 169 cm³/mol. The number of para-hydroxylation sites is 2. The standard InChI is InChI=1S/C12H28N.2C7H7NS2.Ni/c1-5-9-13(10-6-2,11-7-3)12-8-4;2*9-7(10)8-6-4-2-1-3-5-6;/h5-12H2,1-4H3;2*1-5H,(H2,8,9,10);/q+1;;;+2/p+4. The molecule has 0 saturated carbocycles. The number of nitrogens with zero attached hydrogens (tertiary/aromatic N) is 3. The number of aliphatic imine (C=N–C) groups is 2. The molecule has 0 aromatic heterocycles. The smallest absolute Gasteiger partial charge is 0.324 e. The fraction of sp³-hybridized carbons (Fsp3) is 0.462. The largest absolute Gasteiger partial charge is 2.00 e. The molecule has 34 heavy (non-hydrogen) atoms. The summed E-state index contributed by atoms with van der Waals surface area (Å²) in [6.45, 7) is 14.8. The van der Waals surface area contributed by atoms with Gasteiger partial charge in [-0.25, -0.2) is 0 Å². The van der Waals surface area contributed by atoms with Gasteiger partial charge in [-0.15, -0.1) is 0 Å². The maximum absolute atomic E-state index is 4.10. The molecular weight excluding hydrogens is 541 g/mol. The van der Waals surface area contributed by atoms with E-state index in [1.165, 1.54) is 56.3 Å². The molecule has 0 aliphatic rings. The van der Waals surface area contributed by atoms with Crippen LogP contribution in [-0.2, 0) is 67.0 Å². The zero-order chi connectivity index (χ0) is 25.0. The van der Waals surface area contributed by atoms with E-state index >= 15 is 0 Å². The quantitative estimate of drug-likeness (QED) is 0.125. The van der Waals surface area contributed by atoms with Gasteiger partial charge in [0, 0.05) is 0 Å². The number of quaternary nitrogens is 1. The van der Waals surface area contributed by atoms with Gasteiger partial charge in [0.1, 0.15) is 0 Å². The second-order valence-corrected chi connectivity index (χ2v) is 10.7. The van der Waals surface area contributed by atoms with Crippen molar-refractivity contribution in [2.45, 2.75) is 53.4 Å². The summed E-state index contributed by atoms with van der Waals surface area (Å²) < 4.78 is 2.78. The Balaban J connectivity index is 0. The maximum atomic E-state index is 4.10. The zero-order valence-electron chi connectivity index (χ0n) is 21.1. The normalized spacial score (nSPS) is 9.88. The number of hydrogen-bond donors (Lipinski definition) is 0.